The minimum atomic E-state index is -0.279. The number of carbonyl (C=O) groups excluding carboxylic acids is 1. The summed E-state index contributed by atoms with van der Waals surface area (Å²) >= 11 is 1.33. The van der Waals surface area contributed by atoms with Crippen molar-refractivity contribution < 1.29 is 14.3 Å². The summed E-state index contributed by atoms with van der Waals surface area (Å²) in [6, 6.07) is 18.0. The van der Waals surface area contributed by atoms with Gasteiger partial charge < -0.3 is 20.5 Å². The molecule has 0 spiro atoms. The number of pyridine rings is 1. The van der Waals surface area contributed by atoms with E-state index < -0.39 is 0 Å². The molecule has 1 aliphatic rings. The van der Waals surface area contributed by atoms with Crippen LogP contribution in [0.3, 0.4) is 0 Å². The van der Waals surface area contributed by atoms with E-state index in [-0.39, 0.29) is 5.91 Å². The van der Waals surface area contributed by atoms with Gasteiger partial charge in [0.1, 0.15) is 21.2 Å². The number of ether oxygens (including phenoxy) is 2. The van der Waals surface area contributed by atoms with Crippen LogP contribution in [0.15, 0.2) is 54.6 Å². The maximum Gasteiger partial charge on any atom is 0.268 e. The summed E-state index contributed by atoms with van der Waals surface area (Å²) in [6.07, 6.45) is 2.93. The second-order valence-electron chi connectivity index (χ2n) is 8.16. The molecule has 0 bridgehead atoms. The summed E-state index contributed by atoms with van der Waals surface area (Å²) in [5.74, 6) is 1.36. The van der Waals surface area contributed by atoms with Gasteiger partial charge in [-0.15, -0.1) is 11.3 Å². The summed E-state index contributed by atoms with van der Waals surface area (Å²) in [5, 5.41) is 3.76. The number of nitrogens with one attached hydrogen (secondary N) is 1. The van der Waals surface area contributed by atoms with Crippen molar-refractivity contribution in [2.45, 2.75) is 25.2 Å². The van der Waals surface area contributed by atoms with E-state index in [4.69, 9.17) is 20.2 Å². The molecule has 7 heteroatoms. The van der Waals surface area contributed by atoms with Gasteiger partial charge in [-0.1, -0.05) is 30.3 Å². The summed E-state index contributed by atoms with van der Waals surface area (Å²) in [6.45, 7) is 0. The van der Waals surface area contributed by atoms with Gasteiger partial charge in [-0.2, -0.15) is 0 Å². The highest BCUT2D eigenvalue weighted by atomic mass is 32.1. The predicted octanol–water partition coefficient (Wildman–Crippen LogP) is 5.42. The number of hydrogen-bond acceptors (Lipinski definition) is 6. The molecule has 1 atom stereocenters. The molecule has 3 N–H and O–H groups in total. The van der Waals surface area contributed by atoms with Crippen LogP contribution >= 0.6 is 11.3 Å². The molecule has 168 valence electrons. The van der Waals surface area contributed by atoms with Crippen molar-refractivity contribution in [1.82, 2.24) is 4.98 Å². The largest absolute Gasteiger partial charge is 0.497 e. The number of aromatic nitrogens is 1. The number of methoxy groups -OCH3 is 2. The lowest BCUT2D eigenvalue weighted by molar-refractivity contribution is 0.103. The number of benzene rings is 2. The second kappa shape index (κ2) is 8.75. The van der Waals surface area contributed by atoms with Crippen LogP contribution in [0.2, 0.25) is 0 Å². The molecule has 6 nitrogen and oxygen atoms in total. The van der Waals surface area contributed by atoms with E-state index in [0.717, 1.165) is 35.2 Å². The third-order valence-electron chi connectivity index (χ3n) is 6.22. The number of nitrogen functional groups attached to an aromatic ring is 1. The molecular weight excluding hydrogens is 434 g/mol. The molecule has 1 unspecified atom stereocenters. The highest BCUT2D eigenvalue weighted by Crippen LogP contribution is 2.39. The molecule has 0 radical (unpaired) electrons. The summed E-state index contributed by atoms with van der Waals surface area (Å²) in [4.78, 5) is 19.2. The van der Waals surface area contributed by atoms with Gasteiger partial charge in [-0.3, -0.25) is 4.79 Å². The number of nitrogens with two attached hydrogens (primary N) is 1. The smallest absolute Gasteiger partial charge is 0.268 e. The Labute approximate surface area is 196 Å². The molecule has 0 fully saturated rings. The van der Waals surface area contributed by atoms with Crippen LogP contribution in [0.1, 0.15) is 38.8 Å². The Kier molecular flexibility index (Phi) is 5.64. The number of hydrogen-bond donors (Lipinski definition) is 2. The second-order valence-corrected chi connectivity index (χ2v) is 9.16. The average molecular weight is 460 g/mol. The number of amides is 1. The van der Waals surface area contributed by atoms with Gasteiger partial charge >= 0.3 is 0 Å². The van der Waals surface area contributed by atoms with E-state index in [0.29, 0.717) is 33.7 Å². The molecule has 4 aromatic rings. The van der Waals surface area contributed by atoms with Crippen LogP contribution in [-0.2, 0) is 12.8 Å². The zero-order valence-electron chi connectivity index (χ0n) is 18.6. The van der Waals surface area contributed by atoms with Gasteiger partial charge in [-0.05, 0) is 54.5 Å². The van der Waals surface area contributed by atoms with Crippen LogP contribution in [0.4, 0.5) is 11.4 Å². The van der Waals surface area contributed by atoms with Gasteiger partial charge in [0.15, 0.2) is 0 Å². The van der Waals surface area contributed by atoms with Crippen LogP contribution in [0.5, 0.6) is 11.5 Å². The molecule has 5 rings (SSSR count). The normalized spacial score (nSPS) is 15.2. The summed E-state index contributed by atoms with van der Waals surface area (Å²) in [5.41, 5.74) is 11.2. The van der Waals surface area contributed by atoms with Crippen molar-refractivity contribution in [3.8, 4) is 11.5 Å². The topological polar surface area (TPSA) is 86.5 Å². The molecule has 2 aromatic heterocycles. The van der Waals surface area contributed by atoms with Crippen molar-refractivity contribution in [2.24, 2.45) is 0 Å². The first-order chi connectivity index (χ1) is 16.1. The van der Waals surface area contributed by atoms with Gasteiger partial charge in [-0.25, -0.2) is 4.98 Å². The van der Waals surface area contributed by atoms with Crippen molar-refractivity contribution in [2.75, 3.05) is 25.3 Å². The van der Waals surface area contributed by atoms with E-state index in [1.54, 1.807) is 32.4 Å². The Morgan fingerprint density at radius 2 is 1.94 bits per heavy atom. The number of nitrogens with zero attached hydrogens (tertiary/aromatic N) is 1. The highest BCUT2D eigenvalue weighted by Gasteiger charge is 2.25. The zero-order chi connectivity index (χ0) is 22.9. The van der Waals surface area contributed by atoms with Gasteiger partial charge in [0.2, 0.25) is 0 Å². The summed E-state index contributed by atoms with van der Waals surface area (Å²) in [7, 11) is 3.13. The van der Waals surface area contributed by atoms with E-state index >= 15 is 0 Å². The van der Waals surface area contributed by atoms with Gasteiger partial charge in [0, 0.05) is 17.1 Å². The number of anilines is 2. The maximum atomic E-state index is 13.1. The first-order valence-corrected chi connectivity index (χ1v) is 11.7. The quantitative estimate of drug-likeness (QED) is 0.416. The van der Waals surface area contributed by atoms with Crippen LogP contribution in [0, 0.1) is 0 Å². The number of rotatable bonds is 5. The number of aryl methyl sites for hydroxylation is 1. The number of carbonyl (C=O) groups is 1. The molecule has 0 saturated heterocycles. The zero-order valence-corrected chi connectivity index (χ0v) is 19.4. The fraction of sp³-hybridized carbons (Fsp3) is 0.231. The van der Waals surface area contributed by atoms with Crippen LogP contribution < -0.4 is 20.5 Å². The molecule has 33 heavy (non-hydrogen) atoms. The van der Waals surface area contributed by atoms with E-state index in [1.807, 2.05) is 6.07 Å². The lowest BCUT2D eigenvalue weighted by atomic mass is 9.82. The molecular formula is C26H25N3O3S. The molecule has 2 aromatic carbocycles. The fourth-order valence-corrected chi connectivity index (χ4v) is 5.44. The SMILES string of the molecule is COc1ccc(NC(=O)c2sc3nc4c(cc3c2N)CC(c2ccccc2)CC4)c(OC)c1. The van der Waals surface area contributed by atoms with E-state index in [1.165, 1.54) is 22.5 Å². The number of fused-ring (bicyclic) bond motifs is 2. The third-order valence-corrected chi connectivity index (χ3v) is 7.33. The minimum Gasteiger partial charge on any atom is -0.497 e. The molecule has 1 aliphatic carbocycles. The minimum absolute atomic E-state index is 0.279. The lowest BCUT2D eigenvalue weighted by Crippen LogP contribution is -2.14. The Morgan fingerprint density at radius 3 is 2.70 bits per heavy atom. The van der Waals surface area contributed by atoms with Crippen molar-refractivity contribution in [3.05, 3.63) is 76.3 Å². The third kappa shape index (κ3) is 4.00. The van der Waals surface area contributed by atoms with Crippen molar-refractivity contribution in [3.63, 3.8) is 0 Å². The average Bonchev–Trinajstić information content (AvgIpc) is 3.18. The standard InChI is InChI=1S/C26H25N3O3S/c1-31-18-9-11-21(22(14-18)32-2)28-25(30)24-23(27)19-13-17-12-16(15-6-4-3-5-7-15)8-10-20(17)29-26(19)33-24/h3-7,9,11,13-14,16H,8,10,12,27H2,1-2H3,(H,28,30). The highest BCUT2D eigenvalue weighted by molar-refractivity contribution is 7.21. The van der Waals surface area contributed by atoms with Gasteiger partial charge in [0.05, 0.1) is 25.6 Å². The van der Waals surface area contributed by atoms with E-state index in [9.17, 15) is 4.79 Å². The Bertz CT molecular complexity index is 1330. The van der Waals surface area contributed by atoms with Crippen molar-refractivity contribution in [1.29, 1.82) is 0 Å². The van der Waals surface area contributed by atoms with Crippen molar-refractivity contribution >= 4 is 38.8 Å². The molecule has 0 saturated carbocycles. The van der Waals surface area contributed by atoms with Crippen LogP contribution in [-0.4, -0.2) is 25.1 Å². The van der Waals surface area contributed by atoms with Gasteiger partial charge in [0.25, 0.3) is 5.91 Å². The van der Waals surface area contributed by atoms with E-state index in [2.05, 4.69) is 35.6 Å². The predicted molar refractivity (Wildman–Crippen MR) is 133 cm³/mol. The number of thiophene rings is 1. The lowest BCUT2D eigenvalue weighted by Gasteiger charge is -2.24. The first-order valence-electron chi connectivity index (χ1n) is 10.9. The first kappa shape index (κ1) is 21.3. The Morgan fingerprint density at radius 1 is 1.12 bits per heavy atom. The Balaban J connectivity index is 1.44. The molecule has 2 heterocycles. The Hall–Kier alpha value is -3.58. The summed E-state index contributed by atoms with van der Waals surface area (Å²) < 4.78 is 10.6. The fourth-order valence-electron chi connectivity index (χ4n) is 4.45. The monoisotopic (exact) mass is 459 g/mol. The maximum absolute atomic E-state index is 13.1. The van der Waals surface area contributed by atoms with Crippen LogP contribution in [0.25, 0.3) is 10.2 Å². The molecule has 1 amide bonds. The molecule has 0 aliphatic heterocycles.